The standard InChI is InChI=1S/C5H7IO/c1-3-4(2)5(6)7/h3H,1-2H3. The number of hydrogen-bond acceptors (Lipinski definition) is 1. The molecular formula is C5H7IO. The van der Waals surface area contributed by atoms with Crippen LogP contribution in [0.2, 0.25) is 0 Å². The molecule has 0 saturated heterocycles. The number of halogens is 1. The lowest BCUT2D eigenvalue weighted by molar-refractivity contribution is -0.106. The third kappa shape index (κ3) is 2.79. The van der Waals surface area contributed by atoms with Crippen LogP contribution in [0.3, 0.4) is 0 Å². The Morgan fingerprint density at radius 3 is 2.14 bits per heavy atom. The Bertz CT molecular complexity index is 105. The molecule has 0 radical (unpaired) electrons. The largest absolute Gasteiger partial charge is 0.283 e. The highest BCUT2D eigenvalue weighted by atomic mass is 127. The molecule has 1 nitrogen and oxygen atoms in total. The van der Waals surface area contributed by atoms with Crippen LogP contribution in [0.1, 0.15) is 13.8 Å². The second-order valence-electron chi connectivity index (χ2n) is 1.25. The van der Waals surface area contributed by atoms with Crippen LogP contribution in [0, 0.1) is 0 Å². The van der Waals surface area contributed by atoms with E-state index in [2.05, 4.69) is 0 Å². The van der Waals surface area contributed by atoms with Gasteiger partial charge >= 0.3 is 0 Å². The molecule has 0 aliphatic heterocycles. The normalized spacial score (nSPS) is 11.6. The summed E-state index contributed by atoms with van der Waals surface area (Å²) in [5.41, 5.74) is 0.820. The van der Waals surface area contributed by atoms with Gasteiger partial charge in [0.15, 0.2) is 0 Å². The Balaban J connectivity index is 3.82. The molecule has 0 amide bonds. The molecule has 0 saturated carbocycles. The molecule has 0 aliphatic carbocycles. The lowest BCUT2D eigenvalue weighted by atomic mass is 10.3. The third-order valence-corrected chi connectivity index (χ3v) is 1.59. The Kier molecular flexibility index (Phi) is 3.25. The average molecular weight is 210 g/mol. The van der Waals surface area contributed by atoms with E-state index in [1.54, 1.807) is 35.6 Å². The highest BCUT2D eigenvalue weighted by Gasteiger charge is 1.91. The van der Waals surface area contributed by atoms with Crippen LogP contribution in [0.25, 0.3) is 0 Å². The fraction of sp³-hybridized carbons (Fsp3) is 0.400. The van der Waals surface area contributed by atoms with Gasteiger partial charge in [-0.3, -0.25) is 4.79 Å². The Morgan fingerprint density at radius 1 is 1.71 bits per heavy atom. The lowest BCUT2D eigenvalue weighted by Crippen LogP contribution is -1.83. The van der Waals surface area contributed by atoms with Crippen molar-refractivity contribution < 1.29 is 4.79 Å². The quantitative estimate of drug-likeness (QED) is 0.367. The maximum Gasteiger partial charge on any atom is 0.217 e. The van der Waals surface area contributed by atoms with Gasteiger partial charge in [-0.15, -0.1) is 0 Å². The first-order valence-corrected chi connectivity index (χ1v) is 3.09. The van der Waals surface area contributed by atoms with Crippen LogP contribution in [0.4, 0.5) is 0 Å². The predicted octanol–water partition coefficient (Wildman–Crippen LogP) is 1.91. The minimum Gasteiger partial charge on any atom is -0.283 e. The first kappa shape index (κ1) is 7.14. The van der Waals surface area contributed by atoms with E-state index in [-0.39, 0.29) is 3.79 Å². The van der Waals surface area contributed by atoms with Gasteiger partial charge in [-0.25, -0.2) is 0 Å². The fourth-order valence-electron chi connectivity index (χ4n) is 0.113. The van der Waals surface area contributed by atoms with Gasteiger partial charge in [-0.1, -0.05) is 6.08 Å². The lowest BCUT2D eigenvalue weighted by Gasteiger charge is -1.83. The van der Waals surface area contributed by atoms with E-state index in [9.17, 15) is 4.79 Å². The minimum atomic E-state index is 0.125. The van der Waals surface area contributed by atoms with Gasteiger partial charge in [0.1, 0.15) is 0 Å². The van der Waals surface area contributed by atoms with Crippen molar-refractivity contribution in [2.24, 2.45) is 0 Å². The molecule has 0 fully saturated rings. The summed E-state index contributed by atoms with van der Waals surface area (Å²) in [6.45, 7) is 3.65. The molecular weight excluding hydrogens is 203 g/mol. The van der Waals surface area contributed by atoms with Gasteiger partial charge in [-0.2, -0.15) is 0 Å². The van der Waals surface area contributed by atoms with Crippen molar-refractivity contribution in [2.45, 2.75) is 13.8 Å². The van der Waals surface area contributed by atoms with Gasteiger partial charge in [-0.05, 0) is 19.4 Å². The Labute approximate surface area is 56.9 Å². The van der Waals surface area contributed by atoms with E-state index >= 15 is 0 Å². The first-order valence-electron chi connectivity index (χ1n) is 2.01. The van der Waals surface area contributed by atoms with Gasteiger partial charge in [0, 0.05) is 22.6 Å². The molecule has 0 aromatic carbocycles. The zero-order valence-electron chi connectivity index (χ0n) is 4.36. The third-order valence-electron chi connectivity index (χ3n) is 0.743. The SMILES string of the molecule is CC=C(C)C(=O)I. The molecule has 0 aromatic heterocycles. The zero-order chi connectivity index (χ0) is 5.86. The maximum atomic E-state index is 10.3. The average Bonchev–Trinajstić information content (AvgIpc) is 1.65. The second-order valence-corrected chi connectivity index (χ2v) is 2.23. The number of rotatable bonds is 1. The van der Waals surface area contributed by atoms with Gasteiger partial charge in [0.05, 0.1) is 0 Å². The van der Waals surface area contributed by atoms with E-state index in [1.165, 1.54) is 0 Å². The second kappa shape index (κ2) is 3.18. The van der Waals surface area contributed by atoms with Crippen LogP contribution < -0.4 is 0 Å². The molecule has 0 N–H and O–H groups in total. The van der Waals surface area contributed by atoms with Gasteiger partial charge < -0.3 is 0 Å². The van der Waals surface area contributed by atoms with Crippen LogP contribution in [-0.4, -0.2) is 3.79 Å². The van der Waals surface area contributed by atoms with Crippen molar-refractivity contribution >= 4 is 26.4 Å². The number of carbonyl (C=O) groups excluding carboxylic acids is 1. The van der Waals surface area contributed by atoms with E-state index in [4.69, 9.17) is 0 Å². The van der Waals surface area contributed by atoms with Gasteiger partial charge in [0.25, 0.3) is 0 Å². The van der Waals surface area contributed by atoms with Crippen molar-refractivity contribution in [3.05, 3.63) is 11.6 Å². The van der Waals surface area contributed by atoms with Crippen LogP contribution in [-0.2, 0) is 4.79 Å². The number of hydrogen-bond donors (Lipinski definition) is 0. The summed E-state index contributed by atoms with van der Waals surface area (Å²) in [7, 11) is 0. The van der Waals surface area contributed by atoms with E-state index in [1.807, 2.05) is 6.92 Å². The van der Waals surface area contributed by atoms with E-state index in [0.717, 1.165) is 5.57 Å². The van der Waals surface area contributed by atoms with Crippen molar-refractivity contribution in [3.8, 4) is 0 Å². The molecule has 0 unspecified atom stereocenters. The van der Waals surface area contributed by atoms with E-state index < -0.39 is 0 Å². The van der Waals surface area contributed by atoms with Gasteiger partial charge in [0.2, 0.25) is 3.79 Å². The molecule has 40 valence electrons. The summed E-state index contributed by atoms with van der Waals surface area (Å²) in [5, 5.41) is 0. The predicted molar refractivity (Wildman–Crippen MR) is 38.5 cm³/mol. The molecule has 0 heterocycles. The molecule has 7 heavy (non-hydrogen) atoms. The summed E-state index contributed by atoms with van der Waals surface area (Å²) in [4.78, 5) is 10.3. The topological polar surface area (TPSA) is 17.1 Å². The highest BCUT2D eigenvalue weighted by Crippen LogP contribution is 1.99. The number of carbonyl (C=O) groups is 1. The highest BCUT2D eigenvalue weighted by molar-refractivity contribution is 14.1. The monoisotopic (exact) mass is 210 g/mol. The molecule has 0 aromatic rings. The molecule has 0 rings (SSSR count). The fourth-order valence-corrected chi connectivity index (χ4v) is 0.425. The minimum absolute atomic E-state index is 0.125. The zero-order valence-corrected chi connectivity index (χ0v) is 6.52. The Hall–Kier alpha value is 0.140. The Morgan fingerprint density at radius 2 is 2.14 bits per heavy atom. The summed E-state index contributed by atoms with van der Waals surface area (Å²) in [6, 6.07) is 0. The summed E-state index contributed by atoms with van der Waals surface area (Å²) >= 11 is 1.76. The first-order chi connectivity index (χ1) is 3.18. The summed E-state index contributed by atoms with van der Waals surface area (Å²) in [6.07, 6.45) is 1.80. The van der Waals surface area contributed by atoms with Crippen LogP contribution in [0.15, 0.2) is 11.6 Å². The molecule has 0 bridgehead atoms. The van der Waals surface area contributed by atoms with Crippen LogP contribution in [0.5, 0.6) is 0 Å². The summed E-state index contributed by atoms with van der Waals surface area (Å²) in [5.74, 6) is 0. The molecule has 0 spiro atoms. The van der Waals surface area contributed by atoms with E-state index in [0.29, 0.717) is 0 Å². The summed E-state index contributed by atoms with van der Waals surface area (Å²) < 4.78 is 0.125. The maximum absolute atomic E-state index is 10.3. The molecule has 0 atom stereocenters. The smallest absolute Gasteiger partial charge is 0.217 e. The molecule has 2 heteroatoms. The van der Waals surface area contributed by atoms with Crippen LogP contribution >= 0.6 is 22.6 Å². The van der Waals surface area contributed by atoms with Crippen molar-refractivity contribution in [1.29, 1.82) is 0 Å². The van der Waals surface area contributed by atoms with Crippen molar-refractivity contribution in [2.75, 3.05) is 0 Å². The number of allylic oxidation sites excluding steroid dienone is 2. The van der Waals surface area contributed by atoms with Crippen molar-refractivity contribution in [1.82, 2.24) is 0 Å². The molecule has 0 aliphatic rings. The van der Waals surface area contributed by atoms with Crippen molar-refractivity contribution in [3.63, 3.8) is 0 Å².